The van der Waals surface area contributed by atoms with Crippen molar-refractivity contribution >= 4 is 11.9 Å². The number of carbonyl (C=O) groups excluding carboxylic acids is 1. The minimum atomic E-state index is -0.911. The van der Waals surface area contributed by atoms with Crippen molar-refractivity contribution in [2.24, 2.45) is 0 Å². The lowest BCUT2D eigenvalue weighted by molar-refractivity contribution is -0.138. The molecule has 0 aliphatic heterocycles. The molecule has 1 heterocycles. The smallest absolute Gasteiger partial charge is 0.305 e. The molecular formula is C10H15N3O3. The average molecular weight is 225 g/mol. The van der Waals surface area contributed by atoms with Crippen molar-refractivity contribution in [3.63, 3.8) is 0 Å². The summed E-state index contributed by atoms with van der Waals surface area (Å²) in [6.07, 6.45) is 3.25. The van der Waals surface area contributed by atoms with Crippen LogP contribution in [0, 0.1) is 0 Å². The van der Waals surface area contributed by atoms with Crippen molar-refractivity contribution in [3.05, 3.63) is 18.5 Å². The normalized spacial score (nSPS) is 12.1. The SMILES string of the molecule is CC(C(=O)N(C)CCC(=O)O)n1cccn1. The van der Waals surface area contributed by atoms with Crippen molar-refractivity contribution in [2.45, 2.75) is 19.4 Å². The van der Waals surface area contributed by atoms with E-state index in [-0.39, 0.29) is 18.9 Å². The lowest BCUT2D eigenvalue weighted by atomic mass is 10.3. The first kappa shape index (κ1) is 12.2. The predicted molar refractivity (Wildman–Crippen MR) is 56.8 cm³/mol. The molecule has 1 rings (SSSR count). The second-order valence-corrected chi connectivity index (χ2v) is 3.57. The van der Waals surface area contributed by atoms with Gasteiger partial charge in [-0.25, -0.2) is 0 Å². The molecule has 6 heteroatoms. The van der Waals surface area contributed by atoms with E-state index in [0.29, 0.717) is 0 Å². The van der Waals surface area contributed by atoms with E-state index in [1.54, 1.807) is 37.1 Å². The predicted octanol–water partition coefficient (Wildman–Crippen LogP) is 0.377. The Balaban J connectivity index is 2.53. The summed E-state index contributed by atoms with van der Waals surface area (Å²) >= 11 is 0. The fraction of sp³-hybridized carbons (Fsp3) is 0.500. The summed E-state index contributed by atoms with van der Waals surface area (Å²) in [6.45, 7) is 1.94. The molecule has 0 saturated carbocycles. The van der Waals surface area contributed by atoms with Gasteiger partial charge in [-0.15, -0.1) is 0 Å². The molecule has 0 radical (unpaired) electrons. The van der Waals surface area contributed by atoms with Crippen molar-refractivity contribution in [1.82, 2.24) is 14.7 Å². The van der Waals surface area contributed by atoms with Crippen molar-refractivity contribution in [3.8, 4) is 0 Å². The summed E-state index contributed by atoms with van der Waals surface area (Å²) in [7, 11) is 1.59. The van der Waals surface area contributed by atoms with E-state index < -0.39 is 12.0 Å². The third kappa shape index (κ3) is 3.08. The first-order chi connectivity index (χ1) is 7.52. The van der Waals surface area contributed by atoms with Gasteiger partial charge in [0, 0.05) is 26.0 Å². The van der Waals surface area contributed by atoms with Gasteiger partial charge in [-0.3, -0.25) is 14.3 Å². The van der Waals surface area contributed by atoms with Crippen LogP contribution in [0.15, 0.2) is 18.5 Å². The average Bonchev–Trinajstić information content (AvgIpc) is 2.77. The number of carboxylic acid groups (broad SMARTS) is 1. The number of amides is 1. The molecule has 0 spiro atoms. The maximum atomic E-state index is 11.8. The van der Waals surface area contributed by atoms with Crippen molar-refractivity contribution in [2.75, 3.05) is 13.6 Å². The van der Waals surface area contributed by atoms with Gasteiger partial charge < -0.3 is 10.0 Å². The molecule has 6 nitrogen and oxygen atoms in total. The van der Waals surface area contributed by atoms with Crippen LogP contribution in [-0.4, -0.2) is 45.3 Å². The number of carboxylic acids is 1. The third-order valence-corrected chi connectivity index (χ3v) is 2.32. The van der Waals surface area contributed by atoms with Crippen LogP contribution >= 0.6 is 0 Å². The molecule has 0 aliphatic carbocycles. The molecular weight excluding hydrogens is 210 g/mol. The fourth-order valence-corrected chi connectivity index (χ4v) is 1.32. The largest absolute Gasteiger partial charge is 0.481 e. The van der Waals surface area contributed by atoms with E-state index in [0.717, 1.165) is 0 Å². The summed E-state index contributed by atoms with van der Waals surface area (Å²) < 4.78 is 1.54. The third-order valence-electron chi connectivity index (χ3n) is 2.32. The molecule has 0 aromatic carbocycles. The van der Waals surface area contributed by atoms with E-state index in [9.17, 15) is 9.59 Å². The number of rotatable bonds is 5. The lowest BCUT2D eigenvalue weighted by Gasteiger charge is -2.20. The molecule has 1 atom stereocenters. The molecule has 1 N–H and O–H groups in total. The highest BCUT2D eigenvalue weighted by Gasteiger charge is 2.19. The van der Waals surface area contributed by atoms with Crippen LogP contribution in [0.5, 0.6) is 0 Å². The number of hydrogen-bond donors (Lipinski definition) is 1. The Labute approximate surface area is 93.5 Å². The molecule has 0 aliphatic rings. The molecule has 1 amide bonds. The Kier molecular flexibility index (Phi) is 4.04. The highest BCUT2D eigenvalue weighted by Crippen LogP contribution is 2.07. The number of aromatic nitrogens is 2. The highest BCUT2D eigenvalue weighted by molar-refractivity contribution is 5.80. The Hall–Kier alpha value is -1.85. The quantitative estimate of drug-likeness (QED) is 0.785. The molecule has 16 heavy (non-hydrogen) atoms. The van der Waals surface area contributed by atoms with Crippen molar-refractivity contribution in [1.29, 1.82) is 0 Å². The first-order valence-corrected chi connectivity index (χ1v) is 4.98. The van der Waals surface area contributed by atoms with Crippen LogP contribution in [0.2, 0.25) is 0 Å². The Morgan fingerprint density at radius 2 is 2.25 bits per heavy atom. The molecule has 0 saturated heterocycles. The maximum absolute atomic E-state index is 11.8. The Bertz CT molecular complexity index is 361. The number of hydrogen-bond acceptors (Lipinski definition) is 3. The van der Waals surface area contributed by atoms with Gasteiger partial charge in [0.25, 0.3) is 0 Å². The summed E-state index contributed by atoms with van der Waals surface area (Å²) in [6, 6.07) is 1.33. The molecule has 1 unspecified atom stereocenters. The van der Waals surface area contributed by atoms with Crippen LogP contribution in [0.1, 0.15) is 19.4 Å². The molecule has 1 aromatic rings. The van der Waals surface area contributed by atoms with E-state index in [2.05, 4.69) is 5.10 Å². The number of aliphatic carboxylic acids is 1. The number of carbonyl (C=O) groups is 2. The van der Waals surface area contributed by atoms with Gasteiger partial charge >= 0.3 is 5.97 Å². The van der Waals surface area contributed by atoms with Crippen LogP contribution in [0.25, 0.3) is 0 Å². The minimum Gasteiger partial charge on any atom is -0.481 e. The fourth-order valence-electron chi connectivity index (χ4n) is 1.32. The van der Waals surface area contributed by atoms with Gasteiger partial charge in [-0.1, -0.05) is 0 Å². The standard InChI is InChI=1S/C10H15N3O3/c1-8(13-6-3-5-11-13)10(16)12(2)7-4-9(14)15/h3,5-6,8H,4,7H2,1-2H3,(H,14,15). The molecule has 1 aromatic heterocycles. The van der Waals surface area contributed by atoms with E-state index in [4.69, 9.17) is 5.11 Å². The van der Waals surface area contributed by atoms with Gasteiger partial charge in [0.2, 0.25) is 5.91 Å². The molecule has 0 fully saturated rings. The summed E-state index contributed by atoms with van der Waals surface area (Å²) in [5.74, 6) is -1.06. The topological polar surface area (TPSA) is 75.4 Å². The lowest BCUT2D eigenvalue weighted by Crippen LogP contribution is -2.34. The highest BCUT2D eigenvalue weighted by atomic mass is 16.4. The zero-order valence-corrected chi connectivity index (χ0v) is 9.33. The molecule has 0 bridgehead atoms. The minimum absolute atomic E-state index is 0.0476. The van der Waals surface area contributed by atoms with Gasteiger partial charge in [-0.2, -0.15) is 5.10 Å². The summed E-state index contributed by atoms with van der Waals surface area (Å²) in [4.78, 5) is 23.6. The molecule has 88 valence electrons. The first-order valence-electron chi connectivity index (χ1n) is 4.98. The number of likely N-dealkylation sites (N-methyl/N-ethyl adjacent to an activating group) is 1. The van der Waals surface area contributed by atoms with E-state index in [1.807, 2.05) is 0 Å². The Morgan fingerprint density at radius 3 is 2.75 bits per heavy atom. The van der Waals surface area contributed by atoms with Gasteiger partial charge in [0.1, 0.15) is 6.04 Å². The Morgan fingerprint density at radius 1 is 1.56 bits per heavy atom. The van der Waals surface area contributed by atoms with Crippen LogP contribution < -0.4 is 0 Å². The second kappa shape index (κ2) is 5.29. The van der Waals surface area contributed by atoms with Crippen LogP contribution in [-0.2, 0) is 9.59 Å². The monoisotopic (exact) mass is 225 g/mol. The summed E-state index contributed by atoms with van der Waals surface area (Å²) in [5, 5.41) is 12.5. The zero-order chi connectivity index (χ0) is 12.1. The van der Waals surface area contributed by atoms with Crippen molar-refractivity contribution < 1.29 is 14.7 Å². The van der Waals surface area contributed by atoms with E-state index >= 15 is 0 Å². The van der Waals surface area contributed by atoms with Crippen LogP contribution in [0.4, 0.5) is 0 Å². The van der Waals surface area contributed by atoms with Gasteiger partial charge in [0.15, 0.2) is 0 Å². The zero-order valence-electron chi connectivity index (χ0n) is 9.33. The second-order valence-electron chi connectivity index (χ2n) is 3.57. The van der Waals surface area contributed by atoms with Gasteiger partial charge in [-0.05, 0) is 13.0 Å². The number of nitrogens with zero attached hydrogens (tertiary/aromatic N) is 3. The van der Waals surface area contributed by atoms with E-state index in [1.165, 1.54) is 4.90 Å². The maximum Gasteiger partial charge on any atom is 0.305 e. The summed E-state index contributed by atoms with van der Waals surface area (Å²) in [5.41, 5.74) is 0. The van der Waals surface area contributed by atoms with Gasteiger partial charge in [0.05, 0.1) is 6.42 Å². The van der Waals surface area contributed by atoms with Crippen LogP contribution in [0.3, 0.4) is 0 Å².